The number of alkyl halides is 3. The van der Waals surface area contributed by atoms with Crippen LogP contribution >= 0.6 is 6.64 Å². The maximum atomic E-state index is 12.4. The van der Waals surface area contributed by atoms with Crippen LogP contribution in [0.3, 0.4) is 0 Å². The Morgan fingerprint density at radius 1 is 1.39 bits per heavy atom. The second-order valence-corrected chi connectivity index (χ2v) is 7.07. The molecule has 1 aromatic rings. The van der Waals surface area contributed by atoms with E-state index >= 15 is 0 Å². The summed E-state index contributed by atoms with van der Waals surface area (Å²) in [5, 5.41) is 2.98. The van der Waals surface area contributed by atoms with E-state index in [0.29, 0.717) is 6.61 Å². The minimum Gasteiger partial charge on any atom is -0.433 e. The molecule has 1 aromatic carbocycles. The van der Waals surface area contributed by atoms with Gasteiger partial charge in [-0.1, -0.05) is 0 Å². The molecule has 0 aromatic heterocycles. The molecule has 0 radical (unpaired) electrons. The lowest BCUT2D eigenvalue weighted by atomic mass is 10.2. The molecule has 1 N–H and O–H groups in total. The summed E-state index contributed by atoms with van der Waals surface area (Å²) < 4.78 is 47.8. The summed E-state index contributed by atoms with van der Waals surface area (Å²) in [6.07, 6.45) is -4.35. The molecule has 1 heterocycles. The Bertz CT molecular complexity index is 477. The van der Waals surface area contributed by atoms with Crippen molar-refractivity contribution in [2.24, 2.45) is 0 Å². The van der Waals surface area contributed by atoms with Gasteiger partial charge >= 0.3 is 12.8 Å². The van der Waals surface area contributed by atoms with Crippen molar-refractivity contribution >= 4 is 18.4 Å². The number of benzene rings is 1. The van der Waals surface area contributed by atoms with Crippen LogP contribution in [0.4, 0.5) is 13.2 Å². The van der Waals surface area contributed by atoms with Crippen molar-refractivity contribution in [3.63, 3.8) is 0 Å². The van der Waals surface area contributed by atoms with E-state index < -0.39 is 18.4 Å². The smallest absolute Gasteiger partial charge is 0.416 e. The molecule has 3 nitrogen and oxygen atoms in total. The van der Waals surface area contributed by atoms with Crippen LogP contribution in [-0.4, -0.2) is 12.6 Å². The number of hydrogen-bond acceptors (Lipinski definition) is 3. The number of rotatable bonds is 2. The van der Waals surface area contributed by atoms with E-state index in [0.717, 1.165) is 12.1 Å². The van der Waals surface area contributed by atoms with Gasteiger partial charge in [-0.3, -0.25) is 0 Å². The lowest BCUT2D eigenvalue weighted by Gasteiger charge is -2.17. The largest absolute Gasteiger partial charge is 0.433 e. The third-order valence-corrected chi connectivity index (χ3v) is 4.83. The Morgan fingerprint density at radius 2 is 2.00 bits per heavy atom. The minimum atomic E-state index is -4.35. The second-order valence-electron chi connectivity index (χ2n) is 3.94. The second kappa shape index (κ2) is 4.81. The first-order chi connectivity index (χ1) is 8.28. The number of halogens is 3. The summed E-state index contributed by atoms with van der Waals surface area (Å²) in [6.45, 7) is -0.266. The molecule has 0 saturated carbocycles. The molecule has 1 saturated heterocycles. The lowest BCUT2D eigenvalue weighted by molar-refractivity contribution is -0.137. The van der Waals surface area contributed by atoms with Crippen molar-refractivity contribution < 1.29 is 22.2 Å². The summed E-state index contributed by atoms with van der Waals surface area (Å²) in [4.78, 5) is 0. The summed E-state index contributed by atoms with van der Waals surface area (Å²) in [5.41, 5.74) is -0.722. The topological polar surface area (TPSA) is 30.5 Å². The van der Waals surface area contributed by atoms with Gasteiger partial charge in [0.15, 0.2) is 0 Å². The number of hydrogen-bond donors (Lipinski definition) is 1. The molecule has 1 fully saturated rings. The molecule has 0 spiro atoms. The fourth-order valence-electron chi connectivity index (χ4n) is 1.45. The van der Waals surface area contributed by atoms with Gasteiger partial charge in [0.1, 0.15) is 5.75 Å². The van der Waals surface area contributed by atoms with E-state index in [1.54, 1.807) is 0 Å². The van der Waals surface area contributed by atoms with Crippen LogP contribution in [0.15, 0.2) is 24.3 Å². The van der Waals surface area contributed by atoms with Crippen molar-refractivity contribution in [1.29, 1.82) is 0 Å². The first-order valence-electron chi connectivity index (χ1n) is 5.18. The fraction of sp³-hybridized carbons (Fsp3) is 0.400. The highest BCUT2D eigenvalue weighted by atomic mass is 32.5. The minimum absolute atomic E-state index is 0.0882. The van der Waals surface area contributed by atoms with Gasteiger partial charge in [-0.25, -0.2) is 5.09 Å². The number of nitrogens with one attached hydrogen (secondary N) is 1. The van der Waals surface area contributed by atoms with Crippen LogP contribution in [0.25, 0.3) is 0 Å². The highest BCUT2D eigenvalue weighted by molar-refractivity contribution is 8.09. The molecular formula is C10H11F3NO2PS. The lowest BCUT2D eigenvalue weighted by Crippen LogP contribution is -2.17. The van der Waals surface area contributed by atoms with Gasteiger partial charge in [-0.15, -0.1) is 0 Å². The van der Waals surface area contributed by atoms with Gasteiger partial charge in [0.25, 0.3) is 0 Å². The van der Waals surface area contributed by atoms with E-state index in [1.165, 1.54) is 12.1 Å². The maximum absolute atomic E-state index is 12.4. The molecule has 2 unspecified atom stereocenters. The Kier molecular flexibility index (Phi) is 3.69. The molecule has 1 aliphatic rings. The van der Waals surface area contributed by atoms with Gasteiger partial charge in [0.2, 0.25) is 0 Å². The van der Waals surface area contributed by atoms with Crippen LogP contribution in [0, 0.1) is 0 Å². The SMILES string of the molecule is CC1COP(=S)(Oc2ccc(C(F)(F)F)cc2)N1. The molecule has 0 aliphatic carbocycles. The predicted molar refractivity (Wildman–Crippen MR) is 64.9 cm³/mol. The van der Waals surface area contributed by atoms with Gasteiger partial charge in [0, 0.05) is 6.04 Å². The average molecular weight is 297 g/mol. The molecule has 2 atom stereocenters. The molecule has 0 bridgehead atoms. The van der Waals surface area contributed by atoms with E-state index in [2.05, 4.69) is 5.09 Å². The Labute approximate surface area is 108 Å². The molecule has 1 aliphatic heterocycles. The monoisotopic (exact) mass is 297 g/mol. The van der Waals surface area contributed by atoms with E-state index in [1.807, 2.05) is 6.92 Å². The van der Waals surface area contributed by atoms with Gasteiger partial charge in [-0.2, -0.15) is 13.2 Å². The summed E-state index contributed by atoms with van der Waals surface area (Å²) in [5.74, 6) is 0.271. The molecular weight excluding hydrogens is 286 g/mol. The van der Waals surface area contributed by atoms with E-state index in [9.17, 15) is 13.2 Å². The van der Waals surface area contributed by atoms with Gasteiger partial charge in [-0.05, 0) is 43.0 Å². The summed E-state index contributed by atoms with van der Waals surface area (Å²) in [6, 6.07) is 4.48. The van der Waals surface area contributed by atoms with Crippen LogP contribution in [0.5, 0.6) is 5.75 Å². The summed E-state index contributed by atoms with van der Waals surface area (Å²) in [7, 11) is 0. The Hall–Kier alpha value is -0.620. The molecule has 18 heavy (non-hydrogen) atoms. The van der Waals surface area contributed by atoms with Crippen molar-refractivity contribution in [2.45, 2.75) is 19.1 Å². The zero-order valence-corrected chi connectivity index (χ0v) is 11.1. The first kappa shape index (κ1) is 13.8. The van der Waals surface area contributed by atoms with E-state index in [4.69, 9.17) is 20.9 Å². The zero-order chi connectivity index (χ0) is 13.4. The molecule has 100 valence electrons. The van der Waals surface area contributed by atoms with Crippen molar-refractivity contribution in [3.8, 4) is 5.75 Å². The van der Waals surface area contributed by atoms with Crippen LogP contribution in [0.2, 0.25) is 0 Å². The Balaban J connectivity index is 2.10. The first-order valence-corrected chi connectivity index (χ1v) is 7.81. The Morgan fingerprint density at radius 3 is 2.44 bits per heavy atom. The molecule has 2 rings (SSSR count). The molecule has 0 amide bonds. The highest BCUT2D eigenvalue weighted by Crippen LogP contribution is 2.48. The normalized spacial score (nSPS) is 28.3. The standard InChI is InChI=1S/C10H11F3NO2PS/c1-7-6-15-17(18,14-7)16-9-4-2-8(3-5-9)10(11,12)13/h2-5,7H,6H2,1H3,(H,14,18). The fourth-order valence-corrected chi connectivity index (χ4v) is 4.04. The maximum Gasteiger partial charge on any atom is 0.416 e. The van der Waals surface area contributed by atoms with Crippen molar-refractivity contribution in [2.75, 3.05) is 6.61 Å². The molecule has 8 heteroatoms. The highest BCUT2D eigenvalue weighted by Gasteiger charge is 2.32. The van der Waals surface area contributed by atoms with Crippen LogP contribution in [0.1, 0.15) is 12.5 Å². The zero-order valence-electron chi connectivity index (χ0n) is 9.40. The van der Waals surface area contributed by atoms with Gasteiger partial charge < -0.3 is 9.05 Å². The van der Waals surface area contributed by atoms with E-state index in [-0.39, 0.29) is 11.8 Å². The van der Waals surface area contributed by atoms with Gasteiger partial charge in [0.05, 0.1) is 12.2 Å². The predicted octanol–water partition coefficient (Wildman–Crippen LogP) is 3.32. The third kappa shape index (κ3) is 3.23. The van der Waals surface area contributed by atoms with Crippen molar-refractivity contribution in [3.05, 3.63) is 29.8 Å². The van der Waals surface area contributed by atoms with Crippen LogP contribution in [-0.2, 0) is 22.5 Å². The van der Waals surface area contributed by atoms with Crippen molar-refractivity contribution in [1.82, 2.24) is 5.09 Å². The summed E-state index contributed by atoms with van der Waals surface area (Å²) >= 11 is 5.17. The quantitative estimate of drug-likeness (QED) is 0.848. The third-order valence-electron chi connectivity index (χ3n) is 2.28. The van der Waals surface area contributed by atoms with Crippen LogP contribution < -0.4 is 9.61 Å². The average Bonchev–Trinajstić information content (AvgIpc) is 2.58.